The number of anilines is 1. The van der Waals surface area contributed by atoms with Crippen LogP contribution in [0.3, 0.4) is 0 Å². The average Bonchev–Trinajstić information content (AvgIpc) is 2.55. The van der Waals surface area contributed by atoms with Gasteiger partial charge in [-0.3, -0.25) is 0 Å². The number of benzene rings is 2. The van der Waals surface area contributed by atoms with Gasteiger partial charge in [0.2, 0.25) is 0 Å². The highest BCUT2D eigenvalue weighted by Gasteiger charge is 2.07. The molecule has 0 amide bonds. The van der Waals surface area contributed by atoms with Gasteiger partial charge in [0.05, 0.1) is 24.6 Å². The van der Waals surface area contributed by atoms with E-state index < -0.39 is 0 Å². The second kappa shape index (κ2) is 8.36. The molecule has 23 heavy (non-hydrogen) atoms. The van der Waals surface area contributed by atoms with E-state index in [2.05, 4.69) is 10.2 Å². The Balaban J connectivity index is 2.16. The van der Waals surface area contributed by atoms with Gasteiger partial charge in [0.25, 0.3) is 0 Å². The quantitative estimate of drug-likeness (QED) is 0.770. The van der Waals surface area contributed by atoms with Gasteiger partial charge < -0.3 is 15.1 Å². The van der Waals surface area contributed by atoms with E-state index in [4.69, 9.17) is 10.2 Å². The van der Waals surface area contributed by atoms with Gasteiger partial charge in [0.15, 0.2) is 0 Å². The maximum atomic E-state index is 12.8. The van der Waals surface area contributed by atoms with E-state index in [9.17, 15) is 4.39 Å². The molecular weight excluding hydrogens is 297 g/mol. The van der Waals surface area contributed by atoms with Gasteiger partial charge >= 0.3 is 0 Å². The van der Waals surface area contributed by atoms with E-state index in [1.54, 1.807) is 12.1 Å². The first-order valence-electron chi connectivity index (χ1n) is 7.38. The van der Waals surface area contributed by atoms with E-state index in [0.717, 1.165) is 11.3 Å². The number of halogens is 1. The van der Waals surface area contributed by atoms with Gasteiger partial charge in [0.1, 0.15) is 5.82 Å². The first kappa shape index (κ1) is 17.1. The monoisotopic (exact) mass is 317 g/mol. The Kier molecular flexibility index (Phi) is 6.19. The van der Waals surface area contributed by atoms with Crippen molar-refractivity contribution >= 4 is 17.1 Å². The van der Waals surface area contributed by atoms with E-state index in [0.29, 0.717) is 24.5 Å². The molecule has 0 atom stereocenters. The fourth-order valence-corrected chi connectivity index (χ4v) is 2.18. The van der Waals surface area contributed by atoms with Crippen LogP contribution in [0.15, 0.2) is 52.7 Å². The Morgan fingerprint density at radius 2 is 1.61 bits per heavy atom. The van der Waals surface area contributed by atoms with Gasteiger partial charge in [0, 0.05) is 18.8 Å². The number of hydrogen-bond acceptors (Lipinski definition) is 5. The van der Waals surface area contributed by atoms with E-state index in [1.165, 1.54) is 12.1 Å². The van der Waals surface area contributed by atoms with Crippen LogP contribution in [0.5, 0.6) is 0 Å². The van der Waals surface area contributed by atoms with Crippen molar-refractivity contribution in [2.45, 2.75) is 6.92 Å². The highest BCUT2D eigenvalue weighted by atomic mass is 19.1. The van der Waals surface area contributed by atoms with Crippen molar-refractivity contribution in [3.8, 4) is 0 Å². The number of hydrogen-bond donors (Lipinski definition) is 2. The van der Waals surface area contributed by atoms with Crippen molar-refractivity contribution in [1.82, 2.24) is 0 Å². The molecule has 0 aliphatic heterocycles. The summed E-state index contributed by atoms with van der Waals surface area (Å²) in [6.45, 7) is 2.86. The molecule has 0 saturated heterocycles. The normalized spacial score (nSPS) is 11.1. The van der Waals surface area contributed by atoms with Crippen LogP contribution in [0.1, 0.15) is 5.56 Å². The molecule has 0 aliphatic carbocycles. The summed E-state index contributed by atoms with van der Waals surface area (Å²) in [4.78, 5) is 1.90. The van der Waals surface area contributed by atoms with Gasteiger partial charge in [-0.1, -0.05) is 0 Å². The maximum absolute atomic E-state index is 12.8. The Hall–Kier alpha value is -2.31. The van der Waals surface area contributed by atoms with Crippen molar-refractivity contribution in [3.63, 3.8) is 0 Å². The summed E-state index contributed by atoms with van der Waals surface area (Å²) in [5, 5.41) is 26.5. The van der Waals surface area contributed by atoms with Crippen LogP contribution in [0.25, 0.3) is 0 Å². The highest BCUT2D eigenvalue weighted by molar-refractivity contribution is 5.57. The van der Waals surface area contributed by atoms with Crippen LogP contribution < -0.4 is 4.90 Å². The lowest BCUT2D eigenvalue weighted by Crippen LogP contribution is -2.29. The Bertz CT molecular complexity index is 653. The first-order valence-corrected chi connectivity index (χ1v) is 7.38. The highest BCUT2D eigenvalue weighted by Crippen LogP contribution is 2.26. The molecule has 0 aromatic heterocycles. The predicted molar refractivity (Wildman–Crippen MR) is 88.1 cm³/mol. The summed E-state index contributed by atoms with van der Waals surface area (Å²) in [6.07, 6.45) is 0. The summed E-state index contributed by atoms with van der Waals surface area (Å²) < 4.78 is 12.8. The van der Waals surface area contributed by atoms with Crippen LogP contribution in [0.2, 0.25) is 0 Å². The van der Waals surface area contributed by atoms with Crippen LogP contribution >= 0.6 is 0 Å². The number of nitrogens with zero attached hydrogens (tertiary/aromatic N) is 3. The fraction of sp³-hybridized carbons (Fsp3) is 0.294. The topological polar surface area (TPSA) is 68.4 Å². The van der Waals surface area contributed by atoms with Crippen molar-refractivity contribution in [2.75, 3.05) is 31.2 Å². The zero-order chi connectivity index (χ0) is 16.7. The van der Waals surface area contributed by atoms with Crippen molar-refractivity contribution in [2.24, 2.45) is 10.2 Å². The molecule has 122 valence electrons. The zero-order valence-corrected chi connectivity index (χ0v) is 13.0. The second-order valence-electron chi connectivity index (χ2n) is 5.08. The molecule has 2 aromatic rings. The predicted octanol–water partition coefficient (Wildman–Crippen LogP) is 3.34. The molecule has 5 nitrogen and oxygen atoms in total. The zero-order valence-electron chi connectivity index (χ0n) is 13.0. The third-order valence-electron chi connectivity index (χ3n) is 3.39. The molecule has 0 fully saturated rings. The van der Waals surface area contributed by atoms with E-state index >= 15 is 0 Å². The minimum atomic E-state index is -0.308. The van der Waals surface area contributed by atoms with Crippen LogP contribution in [-0.4, -0.2) is 36.5 Å². The summed E-state index contributed by atoms with van der Waals surface area (Å²) in [5.74, 6) is -0.308. The minimum absolute atomic E-state index is 0.0189. The van der Waals surface area contributed by atoms with E-state index in [1.807, 2.05) is 30.0 Å². The number of rotatable bonds is 7. The fourth-order valence-electron chi connectivity index (χ4n) is 2.18. The molecule has 0 aliphatic rings. The van der Waals surface area contributed by atoms with Crippen LogP contribution in [0, 0.1) is 12.7 Å². The largest absolute Gasteiger partial charge is 0.395 e. The van der Waals surface area contributed by atoms with Gasteiger partial charge in [-0.05, 0) is 55.0 Å². The molecule has 6 heteroatoms. The number of azo groups is 1. The molecule has 0 bridgehead atoms. The summed E-state index contributed by atoms with van der Waals surface area (Å²) in [7, 11) is 0. The first-order chi connectivity index (χ1) is 11.1. The molecule has 0 unspecified atom stereocenters. The molecule has 0 spiro atoms. The van der Waals surface area contributed by atoms with Crippen molar-refractivity contribution in [1.29, 1.82) is 0 Å². The molecule has 0 saturated carbocycles. The standard InChI is InChI=1S/C17H20FN3O2/c1-13-12-16(21(8-10-22)9-11-23)6-7-17(13)20-19-15-4-2-14(18)3-5-15/h2-7,12,22-23H,8-11H2,1H3. The van der Waals surface area contributed by atoms with Crippen LogP contribution in [-0.2, 0) is 0 Å². The lowest BCUT2D eigenvalue weighted by molar-refractivity contribution is 0.281. The lowest BCUT2D eigenvalue weighted by Gasteiger charge is -2.23. The number of aliphatic hydroxyl groups is 2. The second-order valence-corrected chi connectivity index (χ2v) is 5.08. The number of aryl methyl sites for hydroxylation is 1. The maximum Gasteiger partial charge on any atom is 0.123 e. The van der Waals surface area contributed by atoms with Crippen LogP contribution in [0.4, 0.5) is 21.5 Å². The molecule has 2 aromatic carbocycles. The lowest BCUT2D eigenvalue weighted by atomic mass is 10.1. The third-order valence-corrected chi connectivity index (χ3v) is 3.39. The molecule has 2 N–H and O–H groups in total. The van der Waals surface area contributed by atoms with Crippen molar-refractivity contribution < 1.29 is 14.6 Å². The Morgan fingerprint density at radius 3 is 2.17 bits per heavy atom. The molecular formula is C17H20FN3O2. The van der Waals surface area contributed by atoms with Crippen molar-refractivity contribution in [3.05, 3.63) is 53.8 Å². The number of aliphatic hydroxyl groups excluding tert-OH is 2. The summed E-state index contributed by atoms with van der Waals surface area (Å²) in [5.41, 5.74) is 3.13. The minimum Gasteiger partial charge on any atom is -0.395 e. The Labute approximate surface area is 134 Å². The smallest absolute Gasteiger partial charge is 0.123 e. The van der Waals surface area contributed by atoms with E-state index in [-0.39, 0.29) is 19.0 Å². The molecule has 2 rings (SSSR count). The summed E-state index contributed by atoms with van der Waals surface area (Å²) in [6, 6.07) is 11.4. The summed E-state index contributed by atoms with van der Waals surface area (Å²) >= 11 is 0. The SMILES string of the molecule is Cc1cc(N(CCO)CCO)ccc1N=Nc1ccc(F)cc1. The molecule has 0 heterocycles. The Morgan fingerprint density at radius 1 is 0.957 bits per heavy atom. The third kappa shape index (κ3) is 4.84. The van der Waals surface area contributed by atoms with Gasteiger partial charge in [-0.15, -0.1) is 0 Å². The molecule has 0 radical (unpaired) electrons. The van der Waals surface area contributed by atoms with Gasteiger partial charge in [-0.25, -0.2) is 4.39 Å². The van der Waals surface area contributed by atoms with Gasteiger partial charge in [-0.2, -0.15) is 10.2 Å². The average molecular weight is 317 g/mol.